The van der Waals surface area contributed by atoms with Crippen molar-refractivity contribution in [3.8, 4) is 0 Å². The van der Waals surface area contributed by atoms with Crippen LogP contribution in [0.3, 0.4) is 0 Å². The van der Waals surface area contributed by atoms with Gasteiger partial charge in [0.05, 0.1) is 63.6 Å². The fourth-order valence-corrected chi connectivity index (χ4v) is 13.3. The molecule has 0 unspecified atom stereocenters. The molecule has 1 aliphatic carbocycles. The number of pyridine rings is 1. The molecular weight excluding hydrogens is 1610 g/mol. The average Bonchev–Trinajstić information content (AvgIpc) is 1.67. The molecule has 690 valence electrons. The second-order valence-electron chi connectivity index (χ2n) is 35.2. The third-order valence-corrected chi connectivity index (χ3v) is 19.9. The molecule has 0 bridgehead atoms. The molecule has 26 heteroatoms. The number of aromatic amines is 2. The topological polar surface area (TPSA) is 315 Å². The smallest absolute Gasteiger partial charge is 0.326 e. The van der Waals surface area contributed by atoms with Crippen LogP contribution in [0.15, 0.2) is 259 Å². The van der Waals surface area contributed by atoms with Crippen LogP contribution in [0.1, 0.15) is 230 Å². The van der Waals surface area contributed by atoms with Gasteiger partial charge in [-0.3, -0.25) is 38.6 Å². The quantitative estimate of drug-likeness (QED) is 0.0349. The molecule has 3 aliphatic rings. The maximum absolute atomic E-state index is 11.5. The third-order valence-electron chi connectivity index (χ3n) is 19.9. The highest BCUT2D eigenvalue weighted by atomic mass is 16.2. The van der Waals surface area contributed by atoms with E-state index >= 15 is 0 Å². The van der Waals surface area contributed by atoms with Crippen LogP contribution < -0.4 is 37.6 Å². The SMILES string of the molecule is C=CC(=C)C1=NCC(NC(C)C)=C1.CC(C)C(=O)Nc1ccccn1.CC(C)C1=NCC2(CCCC2)C1.CC(C)NC(=O)c1ccccc1.CC(C)Nc1cccnn1.CC(C)Nc1n[nH]c2ccccc12.CC(C)Nc1ncccn1.CC(C)n1c(=O)[nH]c2ccccc21.CC(C)n1cnc2ccccc21.CC(C)n1ncc2ccccc21.Cc1cn(C(C)C)nc1C. The number of hydrogen-bond acceptors (Lipinski definition) is 18. The molecule has 2 aliphatic heterocycles. The minimum Gasteiger partial charge on any atom is -0.385 e. The van der Waals surface area contributed by atoms with E-state index in [0.29, 0.717) is 71.0 Å². The van der Waals surface area contributed by atoms with E-state index in [2.05, 4.69) is 263 Å². The normalized spacial score (nSPS) is 12.6. The summed E-state index contributed by atoms with van der Waals surface area (Å²) in [5.74, 6) is 3.73. The van der Waals surface area contributed by atoms with Crippen LogP contribution in [-0.4, -0.2) is 141 Å². The van der Waals surface area contributed by atoms with E-state index in [1.807, 2.05) is 192 Å². The number of H-pyrrole nitrogens is 2. The molecule has 0 radical (unpaired) electrons. The van der Waals surface area contributed by atoms with Crippen molar-refractivity contribution >= 4 is 90.5 Å². The van der Waals surface area contributed by atoms with E-state index in [1.165, 1.54) is 59.8 Å². The number of rotatable bonds is 19. The lowest BCUT2D eigenvalue weighted by molar-refractivity contribution is -0.118. The van der Waals surface area contributed by atoms with Crippen LogP contribution >= 0.6 is 0 Å². The zero-order valence-corrected chi connectivity index (χ0v) is 80.9. The monoisotopic (exact) mass is 1750 g/mol. The van der Waals surface area contributed by atoms with Crippen molar-refractivity contribution in [2.45, 2.75) is 253 Å². The zero-order chi connectivity index (χ0) is 94.7. The summed E-state index contributed by atoms with van der Waals surface area (Å²) in [6.45, 7) is 59.1. The van der Waals surface area contributed by atoms with Crippen LogP contribution in [0.2, 0.25) is 0 Å². The van der Waals surface area contributed by atoms with Gasteiger partial charge in [0.25, 0.3) is 5.91 Å². The van der Waals surface area contributed by atoms with Gasteiger partial charge in [-0.25, -0.2) is 24.7 Å². The lowest BCUT2D eigenvalue weighted by Gasteiger charge is -2.21. The van der Waals surface area contributed by atoms with Gasteiger partial charge in [-0.1, -0.05) is 139 Å². The van der Waals surface area contributed by atoms with E-state index in [-0.39, 0.29) is 35.5 Å². The van der Waals surface area contributed by atoms with Crippen molar-refractivity contribution in [2.75, 3.05) is 34.4 Å². The Balaban J connectivity index is 0.000000219. The summed E-state index contributed by atoms with van der Waals surface area (Å²) in [6.07, 6.45) is 23.5. The number of imidazole rings is 2. The van der Waals surface area contributed by atoms with Crippen molar-refractivity contribution in [2.24, 2.45) is 27.2 Å². The molecule has 1 fully saturated rings. The fourth-order valence-electron chi connectivity index (χ4n) is 13.3. The summed E-state index contributed by atoms with van der Waals surface area (Å²) < 4.78 is 7.96. The van der Waals surface area contributed by atoms with Crippen LogP contribution in [0, 0.1) is 31.1 Å². The van der Waals surface area contributed by atoms with Crippen molar-refractivity contribution in [1.82, 2.24) is 84.6 Å². The van der Waals surface area contributed by atoms with Crippen LogP contribution in [0.4, 0.5) is 23.4 Å². The zero-order valence-electron chi connectivity index (χ0n) is 80.9. The number of carbonyl (C=O) groups is 2. The van der Waals surface area contributed by atoms with Gasteiger partial charge in [0, 0.05) is 126 Å². The molecule has 0 saturated heterocycles. The van der Waals surface area contributed by atoms with Crippen LogP contribution in [-0.2, 0) is 4.79 Å². The Hall–Kier alpha value is -13.0. The Labute approximate surface area is 765 Å². The van der Waals surface area contributed by atoms with E-state index in [9.17, 15) is 14.4 Å². The highest BCUT2D eigenvalue weighted by molar-refractivity contribution is 6.11. The van der Waals surface area contributed by atoms with Gasteiger partial charge >= 0.3 is 5.69 Å². The number of nitrogens with zero attached hydrogens (tertiary/aromatic N) is 15. The summed E-state index contributed by atoms with van der Waals surface area (Å²) in [4.78, 5) is 62.1. The van der Waals surface area contributed by atoms with Crippen molar-refractivity contribution in [1.29, 1.82) is 0 Å². The van der Waals surface area contributed by atoms with Crippen molar-refractivity contribution < 1.29 is 9.59 Å². The average molecular weight is 1750 g/mol. The summed E-state index contributed by atoms with van der Waals surface area (Å²) in [6, 6.07) is 55.9. The van der Waals surface area contributed by atoms with E-state index in [1.54, 1.807) is 59.7 Å². The van der Waals surface area contributed by atoms with Gasteiger partial charge in [-0.15, -0.1) is 5.10 Å². The number of aliphatic imine (C=N–C) groups is 2. The molecule has 10 heterocycles. The molecule has 13 aromatic rings. The minimum atomic E-state index is -0.0313. The number of carbonyl (C=O) groups excluding carboxylic acids is 2. The van der Waals surface area contributed by atoms with Gasteiger partial charge < -0.3 is 41.5 Å². The maximum atomic E-state index is 11.5. The molecule has 0 atom stereocenters. The Kier molecular flexibility index (Phi) is 44.1. The molecule has 8 aromatic heterocycles. The van der Waals surface area contributed by atoms with E-state index in [0.717, 1.165) is 74.9 Å². The number of hydrogen-bond donors (Lipinski definition) is 8. The first kappa shape index (κ1) is 105. The number of nitrogens with one attached hydrogen (secondary N) is 8. The number of aromatic nitrogens is 15. The Morgan fingerprint density at radius 1 is 0.558 bits per heavy atom. The number of anilines is 4. The first-order valence-corrected chi connectivity index (χ1v) is 45.3. The summed E-state index contributed by atoms with van der Waals surface area (Å²) in [7, 11) is 0. The van der Waals surface area contributed by atoms with Crippen LogP contribution in [0.5, 0.6) is 0 Å². The molecule has 2 amide bonds. The number of fused-ring (bicyclic) bond motifs is 4. The van der Waals surface area contributed by atoms with E-state index < -0.39 is 0 Å². The lowest BCUT2D eigenvalue weighted by Crippen LogP contribution is -2.29. The highest BCUT2D eigenvalue weighted by Gasteiger charge is 2.39. The molecule has 129 heavy (non-hydrogen) atoms. The summed E-state index contributed by atoms with van der Waals surface area (Å²) >= 11 is 0. The number of aryl methyl sites for hydroxylation is 2. The molecular formula is C103H145N23O3. The lowest BCUT2D eigenvalue weighted by atomic mass is 9.82. The van der Waals surface area contributed by atoms with Crippen molar-refractivity contribution in [3.63, 3.8) is 0 Å². The van der Waals surface area contributed by atoms with Gasteiger partial charge in [-0.05, 0) is 271 Å². The summed E-state index contributed by atoms with van der Waals surface area (Å²) in [5.41, 5.74) is 14.7. The molecule has 26 nitrogen and oxygen atoms in total. The highest BCUT2D eigenvalue weighted by Crippen LogP contribution is 2.45. The van der Waals surface area contributed by atoms with Gasteiger partial charge in [-0.2, -0.15) is 20.4 Å². The first-order chi connectivity index (χ1) is 61.5. The second-order valence-corrected chi connectivity index (χ2v) is 35.2. The largest absolute Gasteiger partial charge is 0.385 e. The van der Waals surface area contributed by atoms with Gasteiger partial charge in [0.15, 0.2) is 5.82 Å². The Morgan fingerprint density at radius 2 is 1.16 bits per heavy atom. The third kappa shape index (κ3) is 36.3. The van der Waals surface area contributed by atoms with Crippen LogP contribution in [0.25, 0.3) is 43.9 Å². The standard InChI is InChI=1S/C11H16N2.C11H19N.C10H13N3.C10H12N2O.2C10H12N2.C10H13NO.C9H12N2O.C8H14N2.2C7H11N3/c1-5-9(4)11-6-10(7-12-11)13-8(2)3;1-9(2)10-7-11(8-12-10)5-3-4-6-11;1-7(2)11-10-8-5-3-4-6-9(8)12-13-10;1-7(2)12-9-6-4-3-5-8(9)11-10(12)13;1-8(2)12-7-11-9-5-3-4-6-10(9)12;1-8(2)12-10-6-4-3-5-9(10)7-11-12;1-8(2)11-10(12)9-6-4-3-5-7-9;1-7(2)9(12)11-8-5-3-4-6-10-8;1-6(2)10-5-7(3)8(4)9-10;1-6(2)10-7-8-4-3-5-9-7;1-6(2)9-7-4-3-5-8-10-7/h5-6,8,13H,1,4,7H2,2-3H3;9H,3-8H2,1-2H3;3-7H,1-2H3,(H2,11,12,13);3-7H,1-2H3,(H,11,13);2*3-8H,1-2H3;3-8H,1-2H3,(H,11,12);3-7H,1-2H3,(H,10,11,12);5-6H,1-4H3;3-6H,1-2H3,(H,8,9,10);3-6H,1-2H3,(H,9,10). The molecule has 1 saturated carbocycles. The van der Waals surface area contributed by atoms with Gasteiger partial charge in [0.1, 0.15) is 11.6 Å². The number of amides is 2. The van der Waals surface area contributed by atoms with Crippen molar-refractivity contribution in [3.05, 3.63) is 271 Å². The Morgan fingerprint density at radius 3 is 1.71 bits per heavy atom. The molecule has 8 N–H and O–H groups in total. The fraction of sp³-hybridized carbons (Fsp3) is 0.417. The number of benzene rings is 5. The molecule has 5 aromatic carbocycles. The Bertz CT molecular complexity index is 5460. The maximum Gasteiger partial charge on any atom is 0.326 e. The molecule has 1 spiro atoms. The predicted octanol–water partition coefficient (Wildman–Crippen LogP) is 22.8. The van der Waals surface area contributed by atoms with E-state index in [4.69, 9.17) is 0 Å². The number of para-hydroxylation sites is 6. The molecule has 16 rings (SSSR count). The first-order valence-electron chi connectivity index (χ1n) is 45.3. The predicted molar refractivity (Wildman–Crippen MR) is 539 cm³/mol. The summed E-state index contributed by atoms with van der Waals surface area (Å²) in [5, 5.41) is 44.1. The number of allylic oxidation sites excluding steroid dienone is 3. The van der Waals surface area contributed by atoms with Gasteiger partial charge in [0.2, 0.25) is 11.9 Å². The minimum absolute atomic E-state index is 0.00583. The second kappa shape index (κ2) is 54.2.